The standard InChI is InChI=1S/C28H35F2N5O3/c1-28(2,3)31-27(37)34(13-12-33-14-16-38-17-15-33)19-26(36)35-25(21-6-10-23(30)11-7-21)18-24(32-35)20-4-8-22(29)9-5-20/h4-11,25H,12-19H2,1-3H3,(H,31,37). The number of carbonyl (C=O) groups excluding carboxylic acids is 2. The zero-order chi connectivity index (χ0) is 27.3. The van der Waals surface area contributed by atoms with Crippen LogP contribution in [0.2, 0.25) is 0 Å². The zero-order valence-electron chi connectivity index (χ0n) is 22.1. The van der Waals surface area contributed by atoms with Gasteiger partial charge in [0, 0.05) is 38.1 Å². The summed E-state index contributed by atoms with van der Waals surface area (Å²) in [6.07, 6.45) is 0.380. The van der Waals surface area contributed by atoms with Crippen LogP contribution in [0.25, 0.3) is 0 Å². The highest BCUT2D eigenvalue weighted by Gasteiger charge is 2.35. The second-order valence-electron chi connectivity index (χ2n) is 10.6. The number of nitrogens with one attached hydrogen (secondary N) is 1. The molecule has 2 aromatic carbocycles. The fraction of sp³-hybridized carbons (Fsp3) is 0.464. The molecule has 2 aromatic rings. The summed E-state index contributed by atoms with van der Waals surface area (Å²) in [5.41, 5.74) is 1.56. The minimum absolute atomic E-state index is 0.176. The van der Waals surface area contributed by atoms with E-state index in [9.17, 15) is 18.4 Å². The Hall–Kier alpha value is -3.37. The molecule has 1 saturated heterocycles. The number of hydrazone groups is 1. The van der Waals surface area contributed by atoms with Crippen molar-refractivity contribution in [2.24, 2.45) is 5.10 Å². The van der Waals surface area contributed by atoms with E-state index in [0.717, 1.165) is 18.7 Å². The Labute approximate surface area is 222 Å². The Bertz CT molecular complexity index is 1140. The van der Waals surface area contributed by atoms with Gasteiger partial charge in [0.1, 0.15) is 18.2 Å². The molecule has 0 bridgehead atoms. The Morgan fingerprint density at radius 3 is 2.24 bits per heavy atom. The first kappa shape index (κ1) is 27.7. The van der Waals surface area contributed by atoms with Gasteiger partial charge in [-0.1, -0.05) is 24.3 Å². The fourth-order valence-corrected chi connectivity index (χ4v) is 4.48. The third-order valence-electron chi connectivity index (χ3n) is 6.48. The molecule has 1 unspecified atom stereocenters. The van der Waals surface area contributed by atoms with Crippen molar-refractivity contribution in [1.82, 2.24) is 20.1 Å². The van der Waals surface area contributed by atoms with Crippen LogP contribution in [0.3, 0.4) is 0 Å². The van der Waals surface area contributed by atoms with E-state index < -0.39 is 11.6 Å². The highest BCUT2D eigenvalue weighted by Crippen LogP contribution is 2.33. The fourth-order valence-electron chi connectivity index (χ4n) is 4.48. The average Bonchev–Trinajstić information content (AvgIpc) is 3.32. The number of nitrogens with zero attached hydrogens (tertiary/aromatic N) is 4. The lowest BCUT2D eigenvalue weighted by molar-refractivity contribution is -0.133. The van der Waals surface area contributed by atoms with Crippen LogP contribution >= 0.6 is 0 Å². The number of benzene rings is 2. The number of carbonyl (C=O) groups is 2. The first-order valence-electron chi connectivity index (χ1n) is 12.9. The van der Waals surface area contributed by atoms with Crippen molar-refractivity contribution >= 4 is 17.6 Å². The summed E-state index contributed by atoms with van der Waals surface area (Å²) in [5.74, 6) is -1.10. The Morgan fingerprint density at radius 2 is 1.63 bits per heavy atom. The van der Waals surface area contributed by atoms with Gasteiger partial charge < -0.3 is 15.0 Å². The van der Waals surface area contributed by atoms with Crippen LogP contribution < -0.4 is 5.32 Å². The third kappa shape index (κ3) is 7.35. The number of hydrogen-bond acceptors (Lipinski definition) is 5. The number of urea groups is 1. The Kier molecular flexibility index (Phi) is 8.73. The molecule has 38 heavy (non-hydrogen) atoms. The number of hydrogen-bond donors (Lipinski definition) is 1. The minimum Gasteiger partial charge on any atom is -0.379 e. The van der Waals surface area contributed by atoms with Gasteiger partial charge in [0.15, 0.2) is 0 Å². The largest absolute Gasteiger partial charge is 0.379 e. The van der Waals surface area contributed by atoms with E-state index in [1.54, 1.807) is 24.3 Å². The van der Waals surface area contributed by atoms with Crippen molar-refractivity contribution in [2.45, 2.75) is 38.8 Å². The van der Waals surface area contributed by atoms with Gasteiger partial charge in [-0.15, -0.1) is 0 Å². The zero-order valence-corrected chi connectivity index (χ0v) is 22.1. The number of amides is 3. The molecule has 2 heterocycles. The van der Waals surface area contributed by atoms with Crippen LogP contribution in [0.4, 0.5) is 13.6 Å². The molecular weight excluding hydrogens is 492 g/mol. The number of morpholine rings is 1. The summed E-state index contributed by atoms with van der Waals surface area (Å²) in [6.45, 7) is 9.27. The quantitative estimate of drug-likeness (QED) is 0.595. The van der Waals surface area contributed by atoms with Crippen molar-refractivity contribution in [2.75, 3.05) is 45.9 Å². The van der Waals surface area contributed by atoms with Gasteiger partial charge in [-0.2, -0.15) is 5.10 Å². The summed E-state index contributed by atoms with van der Waals surface area (Å²) in [5, 5.41) is 8.93. The summed E-state index contributed by atoms with van der Waals surface area (Å²) < 4.78 is 32.6. The molecule has 1 atom stereocenters. The molecule has 0 spiro atoms. The van der Waals surface area contributed by atoms with Crippen LogP contribution in [-0.4, -0.2) is 83.9 Å². The lowest BCUT2D eigenvalue weighted by Gasteiger charge is -2.32. The van der Waals surface area contributed by atoms with E-state index in [-0.39, 0.29) is 30.1 Å². The van der Waals surface area contributed by atoms with Crippen molar-refractivity contribution < 1.29 is 23.1 Å². The molecule has 204 valence electrons. The van der Waals surface area contributed by atoms with Gasteiger partial charge in [-0.25, -0.2) is 18.6 Å². The van der Waals surface area contributed by atoms with Crippen LogP contribution in [0.1, 0.15) is 44.4 Å². The van der Waals surface area contributed by atoms with Crippen molar-refractivity contribution in [3.05, 3.63) is 71.3 Å². The maximum Gasteiger partial charge on any atom is 0.318 e. The highest BCUT2D eigenvalue weighted by molar-refractivity contribution is 6.03. The molecule has 10 heteroatoms. The summed E-state index contributed by atoms with van der Waals surface area (Å²) in [4.78, 5) is 30.6. The average molecular weight is 528 g/mol. The first-order valence-corrected chi connectivity index (χ1v) is 12.9. The SMILES string of the molecule is CC(C)(C)NC(=O)N(CCN1CCOCC1)CC(=O)N1N=C(c2ccc(F)cc2)CC1c1ccc(F)cc1. The molecular formula is C28H35F2N5O3. The Morgan fingerprint density at radius 1 is 1.03 bits per heavy atom. The van der Waals surface area contributed by atoms with E-state index in [1.165, 1.54) is 34.2 Å². The molecule has 0 aromatic heterocycles. The van der Waals surface area contributed by atoms with Crippen molar-refractivity contribution in [1.29, 1.82) is 0 Å². The first-order chi connectivity index (χ1) is 18.1. The second kappa shape index (κ2) is 12.0. The van der Waals surface area contributed by atoms with Gasteiger partial charge in [-0.05, 0) is 56.2 Å². The molecule has 0 saturated carbocycles. The second-order valence-corrected chi connectivity index (χ2v) is 10.6. The predicted octanol–water partition coefficient (Wildman–Crippen LogP) is 3.78. The van der Waals surface area contributed by atoms with Crippen LogP contribution in [-0.2, 0) is 9.53 Å². The molecule has 3 amide bonds. The monoisotopic (exact) mass is 527 g/mol. The van der Waals surface area contributed by atoms with Crippen molar-refractivity contribution in [3.63, 3.8) is 0 Å². The van der Waals surface area contributed by atoms with Gasteiger partial charge in [0.05, 0.1) is 25.0 Å². The van der Waals surface area contributed by atoms with E-state index >= 15 is 0 Å². The van der Waals surface area contributed by atoms with E-state index in [4.69, 9.17) is 4.74 Å². The summed E-state index contributed by atoms with van der Waals surface area (Å²) in [6, 6.07) is 11.1. The van der Waals surface area contributed by atoms with E-state index in [0.29, 0.717) is 44.0 Å². The normalized spacial score (nSPS) is 18.3. The maximum atomic E-state index is 13.7. The Balaban J connectivity index is 1.56. The van der Waals surface area contributed by atoms with Gasteiger partial charge in [-0.3, -0.25) is 9.69 Å². The summed E-state index contributed by atoms with van der Waals surface area (Å²) in [7, 11) is 0. The van der Waals surface area contributed by atoms with Crippen molar-refractivity contribution in [3.8, 4) is 0 Å². The minimum atomic E-state index is -0.477. The molecule has 0 aliphatic carbocycles. The van der Waals surface area contributed by atoms with E-state index in [2.05, 4.69) is 15.3 Å². The topological polar surface area (TPSA) is 77.5 Å². The predicted molar refractivity (Wildman–Crippen MR) is 141 cm³/mol. The summed E-state index contributed by atoms with van der Waals surface area (Å²) >= 11 is 0. The highest BCUT2D eigenvalue weighted by atomic mass is 19.1. The smallest absolute Gasteiger partial charge is 0.318 e. The van der Waals surface area contributed by atoms with Gasteiger partial charge in [0.25, 0.3) is 5.91 Å². The number of halogens is 2. The number of rotatable bonds is 7. The lowest BCUT2D eigenvalue weighted by atomic mass is 9.98. The van der Waals surface area contributed by atoms with E-state index in [1.807, 2.05) is 20.8 Å². The molecule has 1 N–H and O–H groups in total. The van der Waals surface area contributed by atoms with Gasteiger partial charge in [0.2, 0.25) is 0 Å². The molecule has 4 rings (SSSR count). The van der Waals surface area contributed by atoms with Crippen LogP contribution in [0.5, 0.6) is 0 Å². The molecule has 2 aliphatic heterocycles. The van der Waals surface area contributed by atoms with Crippen LogP contribution in [0, 0.1) is 11.6 Å². The van der Waals surface area contributed by atoms with Gasteiger partial charge >= 0.3 is 6.03 Å². The molecule has 2 aliphatic rings. The maximum absolute atomic E-state index is 13.7. The molecule has 1 fully saturated rings. The lowest BCUT2D eigenvalue weighted by Crippen LogP contribution is -2.53. The molecule has 8 nitrogen and oxygen atoms in total. The molecule has 0 radical (unpaired) electrons. The third-order valence-corrected chi connectivity index (χ3v) is 6.48. The van der Waals surface area contributed by atoms with Crippen LogP contribution in [0.15, 0.2) is 53.6 Å². The number of ether oxygens (including phenoxy) is 1.